The largest absolute Gasteiger partial charge is 0.366 e. The predicted octanol–water partition coefficient (Wildman–Crippen LogP) is 5.01. The van der Waals surface area contributed by atoms with Gasteiger partial charge in [0.15, 0.2) is 0 Å². The van der Waals surface area contributed by atoms with Crippen LogP contribution in [0.3, 0.4) is 0 Å². The smallest absolute Gasteiger partial charge is 0.248 e. The van der Waals surface area contributed by atoms with E-state index in [-0.39, 0.29) is 11.3 Å². The fourth-order valence-corrected chi connectivity index (χ4v) is 6.08. The van der Waals surface area contributed by atoms with Crippen LogP contribution in [0.25, 0.3) is 0 Å². The van der Waals surface area contributed by atoms with E-state index in [2.05, 4.69) is 90.4 Å². The summed E-state index contributed by atoms with van der Waals surface area (Å²) in [5, 5.41) is 0. The summed E-state index contributed by atoms with van der Waals surface area (Å²) in [6.45, 7) is 8.83. The molecule has 0 unspecified atom stereocenters. The lowest BCUT2D eigenvalue weighted by Crippen LogP contribution is -2.61. The monoisotopic (exact) mass is 453 g/mol. The number of nitrogens with zero attached hydrogens (tertiary/aromatic N) is 2. The fraction of sp³-hybridized carbons (Fsp3) is 0.367. The van der Waals surface area contributed by atoms with Crippen LogP contribution in [0.2, 0.25) is 0 Å². The number of primary amides is 1. The van der Waals surface area contributed by atoms with E-state index in [4.69, 9.17) is 5.73 Å². The molecular weight excluding hydrogens is 418 g/mol. The molecule has 2 aliphatic rings. The Morgan fingerprint density at radius 3 is 2.35 bits per heavy atom. The molecule has 0 spiro atoms. The van der Waals surface area contributed by atoms with Gasteiger partial charge in [-0.25, -0.2) is 0 Å². The third kappa shape index (κ3) is 4.40. The Hall–Kier alpha value is -2.95. The molecule has 3 aromatic carbocycles. The van der Waals surface area contributed by atoms with E-state index >= 15 is 0 Å². The summed E-state index contributed by atoms with van der Waals surface area (Å²) in [4.78, 5) is 17.2. The summed E-state index contributed by atoms with van der Waals surface area (Å²) >= 11 is 0. The number of nitrogens with two attached hydrogens (primary N) is 1. The summed E-state index contributed by atoms with van der Waals surface area (Å²) in [5.41, 5.74) is 10.2. The number of hydrogen-bond acceptors (Lipinski definition) is 3. The number of carbonyl (C=O) groups excluding carboxylic acids is 1. The minimum atomic E-state index is -0.354. The van der Waals surface area contributed by atoms with Crippen LogP contribution in [0.5, 0.6) is 0 Å². The molecule has 2 aliphatic heterocycles. The number of piperidine rings is 1. The predicted molar refractivity (Wildman–Crippen MR) is 137 cm³/mol. The van der Waals surface area contributed by atoms with Crippen molar-refractivity contribution in [3.63, 3.8) is 0 Å². The fourth-order valence-electron chi connectivity index (χ4n) is 6.08. The molecule has 2 N–H and O–H groups in total. The van der Waals surface area contributed by atoms with E-state index in [0.29, 0.717) is 23.6 Å². The molecule has 0 aliphatic carbocycles. The summed E-state index contributed by atoms with van der Waals surface area (Å²) in [6, 6.07) is 30.6. The van der Waals surface area contributed by atoms with Crippen LogP contribution in [0.15, 0.2) is 84.9 Å². The zero-order valence-corrected chi connectivity index (χ0v) is 20.2. The molecule has 4 nitrogen and oxygen atoms in total. The standard InChI is InChI=1S/C30H35N3O/c1-22-18-32-21-28(24-12-7-4-8-13-24)33(19-23-10-5-3-6-11-23)20-27(32)17-30(22,2)26-15-9-14-25(16-26)29(31)34/h3-16,22,27-28H,17-21H2,1-2H3,(H2,31,34)/t22-,27+,28+,30+/m0/s1. The van der Waals surface area contributed by atoms with Gasteiger partial charge in [-0.2, -0.15) is 0 Å². The Balaban J connectivity index is 1.44. The average Bonchev–Trinajstić information content (AvgIpc) is 2.86. The Morgan fingerprint density at radius 1 is 0.941 bits per heavy atom. The van der Waals surface area contributed by atoms with Crippen molar-refractivity contribution in [1.82, 2.24) is 9.80 Å². The van der Waals surface area contributed by atoms with Crippen molar-refractivity contribution in [2.75, 3.05) is 19.6 Å². The van der Waals surface area contributed by atoms with Crippen LogP contribution in [0.1, 0.15) is 53.4 Å². The van der Waals surface area contributed by atoms with Gasteiger partial charge in [0.1, 0.15) is 0 Å². The topological polar surface area (TPSA) is 49.6 Å². The second-order valence-corrected chi connectivity index (χ2v) is 10.4. The highest BCUT2D eigenvalue weighted by Gasteiger charge is 2.46. The molecule has 4 heteroatoms. The van der Waals surface area contributed by atoms with E-state index in [1.807, 2.05) is 18.2 Å². The number of rotatable bonds is 5. The highest BCUT2D eigenvalue weighted by atomic mass is 16.1. The molecule has 0 aromatic heterocycles. The molecule has 3 aromatic rings. The molecule has 0 bridgehead atoms. The van der Waals surface area contributed by atoms with Gasteiger partial charge in [0, 0.05) is 43.8 Å². The summed E-state index contributed by atoms with van der Waals surface area (Å²) in [5.74, 6) is 0.122. The molecule has 1 amide bonds. The Labute approximate surface area is 203 Å². The molecule has 4 atom stereocenters. The first-order valence-electron chi connectivity index (χ1n) is 12.4. The Bertz CT molecular complexity index is 1130. The number of benzene rings is 3. The lowest BCUT2D eigenvalue weighted by atomic mass is 9.65. The maximum atomic E-state index is 11.8. The van der Waals surface area contributed by atoms with E-state index in [1.165, 1.54) is 16.7 Å². The Morgan fingerprint density at radius 2 is 1.65 bits per heavy atom. The summed E-state index contributed by atoms with van der Waals surface area (Å²) in [6.07, 6.45) is 1.07. The third-order valence-corrected chi connectivity index (χ3v) is 8.28. The van der Waals surface area contributed by atoms with Gasteiger partial charge in [-0.1, -0.05) is 86.6 Å². The highest BCUT2D eigenvalue weighted by molar-refractivity contribution is 5.92. The SMILES string of the molecule is C[C@H]1CN2C[C@H](c3ccccc3)N(Cc3ccccc3)C[C@H]2C[C@@]1(C)c1cccc(C(N)=O)c1. The van der Waals surface area contributed by atoms with Crippen LogP contribution in [-0.2, 0) is 12.0 Å². The molecule has 176 valence electrons. The van der Waals surface area contributed by atoms with Gasteiger partial charge in [0.25, 0.3) is 0 Å². The van der Waals surface area contributed by atoms with Gasteiger partial charge in [-0.15, -0.1) is 0 Å². The molecule has 5 rings (SSSR count). The van der Waals surface area contributed by atoms with Crippen molar-refractivity contribution in [1.29, 1.82) is 0 Å². The van der Waals surface area contributed by atoms with Crippen molar-refractivity contribution >= 4 is 5.91 Å². The lowest BCUT2D eigenvalue weighted by molar-refractivity contribution is -0.0351. The second kappa shape index (κ2) is 9.36. The zero-order valence-electron chi connectivity index (χ0n) is 20.2. The van der Waals surface area contributed by atoms with Crippen molar-refractivity contribution in [3.05, 3.63) is 107 Å². The van der Waals surface area contributed by atoms with Crippen LogP contribution >= 0.6 is 0 Å². The minimum absolute atomic E-state index is 0.00459. The van der Waals surface area contributed by atoms with Crippen molar-refractivity contribution in [3.8, 4) is 0 Å². The van der Waals surface area contributed by atoms with Crippen LogP contribution < -0.4 is 5.73 Å². The summed E-state index contributed by atoms with van der Waals surface area (Å²) in [7, 11) is 0. The first kappa shape index (κ1) is 22.8. The van der Waals surface area contributed by atoms with Crippen molar-refractivity contribution < 1.29 is 4.79 Å². The third-order valence-electron chi connectivity index (χ3n) is 8.28. The molecule has 0 saturated carbocycles. The van der Waals surface area contributed by atoms with Crippen LogP contribution in [0, 0.1) is 5.92 Å². The molecule has 2 saturated heterocycles. The van der Waals surface area contributed by atoms with Crippen molar-refractivity contribution in [2.45, 2.75) is 44.3 Å². The normalized spacial score (nSPS) is 27.8. The van der Waals surface area contributed by atoms with Gasteiger partial charge in [-0.3, -0.25) is 14.6 Å². The molecule has 34 heavy (non-hydrogen) atoms. The quantitative estimate of drug-likeness (QED) is 0.591. The van der Waals surface area contributed by atoms with Crippen LogP contribution in [0.4, 0.5) is 0 Å². The maximum absolute atomic E-state index is 11.8. The minimum Gasteiger partial charge on any atom is -0.366 e. The first-order valence-corrected chi connectivity index (χ1v) is 12.4. The van der Waals surface area contributed by atoms with Gasteiger partial charge in [0.2, 0.25) is 5.91 Å². The average molecular weight is 454 g/mol. The number of carbonyl (C=O) groups is 1. The Kier molecular flexibility index (Phi) is 6.28. The van der Waals surface area contributed by atoms with Gasteiger partial charge in [0.05, 0.1) is 0 Å². The maximum Gasteiger partial charge on any atom is 0.248 e. The van der Waals surface area contributed by atoms with Gasteiger partial charge in [-0.05, 0) is 46.6 Å². The number of fused-ring (bicyclic) bond motifs is 1. The zero-order chi connectivity index (χ0) is 23.7. The molecule has 0 radical (unpaired) electrons. The van der Waals surface area contributed by atoms with E-state index in [1.54, 1.807) is 0 Å². The molecular formula is C30H35N3O. The second-order valence-electron chi connectivity index (χ2n) is 10.4. The van der Waals surface area contributed by atoms with Crippen molar-refractivity contribution in [2.24, 2.45) is 11.7 Å². The number of hydrogen-bond donors (Lipinski definition) is 1. The van der Waals surface area contributed by atoms with Gasteiger partial charge >= 0.3 is 0 Å². The number of piperazine rings is 1. The van der Waals surface area contributed by atoms with Crippen LogP contribution in [-0.4, -0.2) is 41.4 Å². The van der Waals surface area contributed by atoms with E-state index in [9.17, 15) is 4.79 Å². The van der Waals surface area contributed by atoms with E-state index < -0.39 is 0 Å². The number of amides is 1. The lowest BCUT2D eigenvalue weighted by Gasteiger charge is -2.55. The van der Waals surface area contributed by atoms with E-state index in [0.717, 1.165) is 32.6 Å². The van der Waals surface area contributed by atoms with Gasteiger partial charge < -0.3 is 5.73 Å². The first-order chi connectivity index (χ1) is 16.4. The summed E-state index contributed by atoms with van der Waals surface area (Å²) < 4.78 is 0. The molecule has 2 heterocycles. The molecule has 2 fully saturated rings. The highest BCUT2D eigenvalue weighted by Crippen LogP contribution is 2.45.